The van der Waals surface area contributed by atoms with Crippen LogP contribution in [0.1, 0.15) is 0 Å². The Bertz CT molecular complexity index is 797. The van der Waals surface area contributed by atoms with E-state index in [2.05, 4.69) is 20.2 Å². The van der Waals surface area contributed by atoms with E-state index in [1.807, 2.05) is 35.1 Å². The highest BCUT2D eigenvalue weighted by Crippen LogP contribution is 2.21. The molecule has 3 aromatic heterocycles. The third-order valence-corrected chi connectivity index (χ3v) is 4.16. The van der Waals surface area contributed by atoms with Gasteiger partial charge in [-0.25, -0.2) is 9.97 Å². The van der Waals surface area contributed by atoms with Gasteiger partial charge in [0.05, 0.1) is 18.9 Å². The molecule has 124 valence electrons. The number of hydrogen-bond donors (Lipinski definition) is 1. The van der Waals surface area contributed by atoms with Gasteiger partial charge in [-0.1, -0.05) is 0 Å². The van der Waals surface area contributed by atoms with Crippen molar-refractivity contribution in [2.45, 2.75) is 0 Å². The van der Waals surface area contributed by atoms with Gasteiger partial charge in [0.2, 0.25) is 0 Å². The lowest BCUT2D eigenvalue weighted by Crippen LogP contribution is -2.39. The molecule has 0 atom stereocenters. The van der Waals surface area contributed by atoms with Crippen molar-refractivity contribution in [3.8, 4) is 11.3 Å². The topological polar surface area (TPSA) is 67.6 Å². The van der Waals surface area contributed by atoms with Crippen molar-refractivity contribution in [2.75, 3.05) is 44.7 Å². The zero-order chi connectivity index (χ0) is 16.2. The predicted octanol–water partition coefficient (Wildman–Crippen LogP) is 1.54. The summed E-state index contributed by atoms with van der Waals surface area (Å²) in [5.74, 6) is 0.801. The molecular weight excluding hydrogens is 304 g/mol. The molecule has 0 spiro atoms. The molecule has 0 amide bonds. The molecule has 1 aliphatic heterocycles. The number of rotatable bonds is 5. The van der Waals surface area contributed by atoms with E-state index in [1.54, 1.807) is 12.4 Å². The van der Waals surface area contributed by atoms with Crippen LogP contribution in [0.25, 0.3) is 16.9 Å². The van der Waals surface area contributed by atoms with Gasteiger partial charge in [-0.15, -0.1) is 0 Å². The molecule has 0 unspecified atom stereocenters. The highest BCUT2D eigenvalue weighted by atomic mass is 16.5. The van der Waals surface area contributed by atoms with Crippen molar-refractivity contribution < 1.29 is 4.74 Å². The van der Waals surface area contributed by atoms with Crippen LogP contribution in [0.15, 0.2) is 43.1 Å². The van der Waals surface area contributed by atoms with Gasteiger partial charge in [0.15, 0.2) is 11.5 Å². The normalized spacial score (nSPS) is 15.7. The number of pyridine rings is 1. The van der Waals surface area contributed by atoms with Crippen LogP contribution in [0.2, 0.25) is 0 Å². The molecule has 4 rings (SSSR count). The molecule has 1 fully saturated rings. The minimum Gasteiger partial charge on any atom is -0.379 e. The first kappa shape index (κ1) is 15.0. The fourth-order valence-corrected chi connectivity index (χ4v) is 2.86. The quantitative estimate of drug-likeness (QED) is 0.768. The van der Waals surface area contributed by atoms with E-state index in [1.165, 1.54) is 0 Å². The summed E-state index contributed by atoms with van der Waals surface area (Å²) in [6, 6.07) is 3.93. The molecule has 0 bridgehead atoms. The Morgan fingerprint density at radius 2 is 2.12 bits per heavy atom. The Morgan fingerprint density at radius 3 is 2.96 bits per heavy atom. The summed E-state index contributed by atoms with van der Waals surface area (Å²) in [4.78, 5) is 15.7. The number of imidazole rings is 1. The van der Waals surface area contributed by atoms with E-state index in [0.717, 1.165) is 62.1 Å². The number of aromatic nitrogens is 4. The number of nitrogens with one attached hydrogen (secondary N) is 1. The summed E-state index contributed by atoms with van der Waals surface area (Å²) >= 11 is 0. The van der Waals surface area contributed by atoms with Gasteiger partial charge in [-0.3, -0.25) is 9.88 Å². The summed E-state index contributed by atoms with van der Waals surface area (Å²) in [5, 5.41) is 3.43. The Labute approximate surface area is 140 Å². The van der Waals surface area contributed by atoms with E-state index in [0.29, 0.717) is 0 Å². The second-order valence-corrected chi connectivity index (χ2v) is 5.76. The third-order valence-electron chi connectivity index (χ3n) is 4.16. The third kappa shape index (κ3) is 3.22. The molecular formula is C17H20N6O. The van der Waals surface area contributed by atoms with Crippen LogP contribution in [0.3, 0.4) is 0 Å². The first-order valence-electron chi connectivity index (χ1n) is 8.18. The minimum absolute atomic E-state index is 0.801. The van der Waals surface area contributed by atoms with Crippen molar-refractivity contribution in [1.29, 1.82) is 0 Å². The predicted molar refractivity (Wildman–Crippen MR) is 92.0 cm³/mol. The molecule has 4 heterocycles. The molecule has 1 aliphatic rings. The Kier molecular flexibility index (Phi) is 4.35. The lowest BCUT2D eigenvalue weighted by Gasteiger charge is -2.26. The van der Waals surface area contributed by atoms with Crippen molar-refractivity contribution in [3.63, 3.8) is 0 Å². The number of ether oxygens (including phenoxy) is 1. The minimum atomic E-state index is 0.801. The van der Waals surface area contributed by atoms with E-state index in [4.69, 9.17) is 9.72 Å². The largest absolute Gasteiger partial charge is 0.379 e. The van der Waals surface area contributed by atoms with Gasteiger partial charge in [-0.05, 0) is 12.1 Å². The average Bonchev–Trinajstić information content (AvgIpc) is 3.12. The standard InChI is InChI=1S/C17H20N6O/c1-2-14(12-18-3-1)15-13-23-7-5-20-17(23)16(21-15)19-4-6-22-8-10-24-11-9-22/h1-3,5,7,12-13H,4,6,8-11H2,(H,19,21). The van der Waals surface area contributed by atoms with E-state index < -0.39 is 0 Å². The van der Waals surface area contributed by atoms with Crippen molar-refractivity contribution >= 4 is 11.5 Å². The number of nitrogens with zero attached hydrogens (tertiary/aromatic N) is 5. The Hall–Kier alpha value is -2.51. The first-order chi connectivity index (χ1) is 11.9. The van der Waals surface area contributed by atoms with Crippen LogP contribution in [-0.2, 0) is 4.74 Å². The molecule has 7 nitrogen and oxygen atoms in total. The van der Waals surface area contributed by atoms with Crippen molar-refractivity contribution in [2.24, 2.45) is 0 Å². The van der Waals surface area contributed by atoms with Gasteiger partial charge in [0, 0.05) is 62.7 Å². The molecule has 0 radical (unpaired) electrons. The molecule has 7 heteroatoms. The molecule has 0 aliphatic carbocycles. The smallest absolute Gasteiger partial charge is 0.180 e. The van der Waals surface area contributed by atoms with Crippen LogP contribution < -0.4 is 5.32 Å². The van der Waals surface area contributed by atoms with E-state index >= 15 is 0 Å². The van der Waals surface area contributed by atoms with E-state index in [-0.39, 0.29) is 0 Å². The maximum atomic E-state index is 5.38. The van der Waals surface area contributed by atoms with Crippen molar-refractivity contribution in [3.05, 3.63) is 43.1 Å². The molecule has 1 N–H and O–H groups in total. The maximum Gasteiger partial charge on any atom is 0.180 e. The summed E-state index contributed by atoms with van der Waals surface area (Å²) in [5.41, 5.74) is 2.71. The molecule has 0 saturated carbocycles. The Balaban J connectivity index is 1.54. The zero-order valence-corrected chi connectivity index (χ0v) is 13.4. The van der Waals surface area contributed by atoms with Gasteiger partial charge in [0.1, 0.15) is 0 Å². The molecule has 24 heavy (non-hydrogen) atoms. The van der Waals surface area contributed by atoms with Crippen molar-refractivity contribution in [1.82, 2.24) is 24.3 Å². The maximum absolute atomic E-state index is 5.38. The van der Waals surface area contributed by atoms with Gasteiger partial charge >= 0.3 is 0 Å². The van der Waals surface area contributed by atoms with Crippen LogP contribution in [0.5, 0.6) is 0 Å². The second kappa shape index (κ2) is 6.94. The van der Waals surface area contributed by atoms with Crippen LogP contribution >= 0.6 is 0 Å². The summed E-state index contributed by atoms with van der Waals surface area (Å²) < 4.78 is 7.38. The lowest BCUT2D eigenvalue weighted by molar-refractivity contribution is 0.0398. The average molecular weight is 324 g/mol. The van der Waals surface area contributed by atoms with Crippen LogP contribution in [-0.4, -0.2) is 63.6 Å². The number of anilines is 1. The summed E-state index contributed by atoms with van der Waals surface area (Å²) in [6.45, 7) is 5.41. The monoisotopic (exact) mass is 324 g/mol. The number of fused-ring (bicyclic) bond motifs is 1. The van der Waals surface area contributed by atoms with Crippen LogP contribution in [0, 0.1) is 0 Å². The number of morpholine rings is 1. The SMILES string of the molecule is c1cncc(-c2cn3ccnc3c(NCCN3CCOCC3)n2)c1. The van der Waals surface area contributed by atoms with Crippen LogP contribution in [0.4, 0.5) is 5.82 Å². The first-order valence-corrected chi connectivity index (χ1v) is 8.18. The molecule has 1 saturated heterocycles. The summed E-state index contributed by atoms with van der Waals surface area (Å²) in [7, 11) is 0. The number of hydrogen-bond acceptors (Lipinski definition) is 6. The molecule has 3 aromatic rings. The van der Waals surface area contributed by atoms with Gasteiger partial charge in [-0.2, -0.15) is 0 Å². The van der Waals surface area contributed by atoms with Gasteiger partial charge in [0.25, 0.3) is 0 Å². The lowest BCUT2D eigenvalue weighted by atomic mass is 10.2. The Morgan fingerprint density at radius 1 is 1.21 bits per heavy atom. The second-order valence-electron chi connectivity index (χ2n) is 5.76. The highest BCUT2D eigenvalue weighted by molar-refractivity contribution is 5.68. The summed E-state index contributed by atoms with van der Waals surface area (Å²) in [6.07, 6.45) is 9.29. The fraction of sp³-hybridized carbons (Fsp3) is 0.353. The van der Waals surface area contributed by atoms with E-state index in [9.17, 15) is 0 Å². The molecule has 0 aromatic carbocycles. The fourth-order valence-electron chi connectivity index (χ4n) is 2.86. The van der Waals surface area contributed by atoms with Gasteiger partial charge < -0.3 is 14.5 Å². The zero-order valence-electron chi connectivity index (χ0n) is 13.4. The highest BCUT2D eigenvalue weighted by Gasteiger charge is 2.12.